The van der Waals surface area contributed by atoms with Crippen LogP contribution in [0.5, 0.6) is 0 Å². The van der Waals surface area contributed by atoms with E-state index in [2.05, 4.69) is 18.7 Å². The first-order valence-electron chi connectivity index (χ1n) is 4.13. The van der Waals surface area contributed by atoms with E-state index in [1.54, 1.807) is 6.26 Å². The van der Waals surface area contributed by atoms with Gasteiger partial charge in [0.2, 0.25) is 0 Å². The molecule has 0 radical (unpaired) electrons. The molecule has 0 atom stereocenters. The Bertz CT molecular complexity index is 168. The molecule has 1 aliphatic heterocycles. The second kappa shape index (κ2) is 4.06. The minimum Gasteiger partial charge on any atom is -0.471 e. The topological polar surface area (TPSA) is 12.5 Å². The van der Waals surface area contributed by atoms with Crippen molar-refractivity contribution in [2.24, 2.45) is 0 Å². The van der Waals surface area contributed by atoms with Crippen LogP contribution in [0.3, 0.4) is 0 Å². The lowest BCUT2D eigenvalue weighted by molar-refractivity contribution is 0.317. The Kier molecular flexibility index (Phi) is 3.02. The van der Waals surface area contributed by atoms with Crippen molar-refractivity contribution in [1.29, 1.82) is 0 Å². The maximum absolute atomic E-state index is 5.08. The summed E-state index contributed by atoms with van der Waals surface area (Å²) >= 11 is 0. The van der Waals surface area contributed by atoms with E-state index in [0.29, 0.717) is 0 Å². The average Bonchev–Trinajstić information content (AvgIpc) is 2.09. The monoisotopic (exact) mass is 153 g/mol. The van der Waals surface area contributed by atoms with Gasteiger partial charge in [-0.15, -0.1) is 0 Å². The van der Waals surface area contributed by atoms with Crippen LogP contribution in [0.15, 0.2) is 24.3 Å². The number of hydrogen-bond donors (Lipinski definition) is 0. The molecule has 11 heavy (non-hydrogen) atoms. The number of rotatable bonds is 3. The van der Waals surface area contributed by atoms with E-state index in [1.165, 1.54) is 5.70 Å². The van der Waals surface area contributed by atoms with Crippen LogP contribution in [-0.2, 0) is 4.74 Å². The zero-order valence-electron chi connectivity index (χ0n) is 7.21. The minimum absolute atomic E-state index is 1.00. The van der Waals surface area contributed by atoms with E-state index in [9.17, 15) is 0 Å². The Morgan fingerprint density at radius 1 is 1.45 bits per heavy atom. The van der Waals surface area contributed by atoms with Crippen molar-refractivity contribution in [2.75, 3.05) is 13.1 Å². The lowest BCUT2D eigenvalue weighted by Crippen LogP contribution is -2.22. The van der Waals surface area contributed by atoms with Gasteiger partial charge >= 0.3 is 0 Å². The van der Waals surface area contributed by atoms with Crippen LogP contribution in [0.25, 0.3) is 0 Å². The molecule has 0 aromatic rings. The Morgan fingerprint density at radius 2 is 2.18 bits per heavy atom. The van der Waals surface area contributed by atoms with Gasteiger partial charge < -0.3 is 9.64 Å². The largest absolute Gasteiger partial charge is 0.471 e. The van der Waals surface area contributed by atoms with Gasteiger partial charge in [0.1, 0.15) is 6.26 Å². The van der Waals surface area contributed by atoms with E-state index >= 15 is 0 Å². The normalized spacial score (nSPS) is 15.6. The predicted octanol–water partition coefficient (Wildman–Crippen LogP) is 2.10. The second-order valence-corrected chi connectivity index (χ2v) is 2.49. The molecule has 0 fully saturated rings. The van der Waals surface area contributed by atoms with E-state index in [0.717, 1.165) is 19.5 Å². The van der Waals surface area contributed by atoms with Crippen LogP contribution in [0, 0.1) is 0 Å². The molecule has 1 aliphatic rings. The van der Waals surface area contributed by atoms with Crippen LogP contribution in [0.1, 0.15) is 20.3 Å². The van der Waals surface area contributed by atoms with Crippen molar-refractivity contribution in [3.63, 3.8) is 0 Å². The quantitative estimate of drug-likeness (QED) is 0.615. The fourth-order valence-corrected chi connectivity index (χ4v) is 1.22. The summed E-state index contributed by atoms with van der Waals surface area (Å²) in [6.07, 6.45) is 6.59. The van der Waals surface area contributed by atoms with Gasteiger partial charge in [0.15, 0.2) is 0 Å². The molecular weight excluding hydrogens is 138 g/mol. The molecule has 0 spiro atoms. The van der Waals surface area contributed by atoms with Gasteiger partial charge in [0.05, 0.1) is 12.0 Å². The van der Waals surface area contributed by atoms with Crippen LogP contribution in [-0.4, -0.2) is 18.0 Å². The van der Waals surface area contributed by atoms with Gasteiger partial charge in [0, 0.05) is 19.5 Å². The summed E-state index contributed by atoms with van der Waals surface area (Å²) in [4.78, 5) is 2.30. The van der Waals surface area contributed by atoms with Crippen molar-refractivity contribution in [3.8, 4) is 0 Å². The van der Waals surface area contributed by atoms with Crippen LogP contribution in [0.4, 0.5) is 0 Å². The maximum Gasteiger partial charge on any atom is 0.110 e. The molecule has 0 unspecified atom stereocenters. The van der Waals surface area contributed by atoms with E-state index < -0.39 is 0 Å². The molecule has 0 aliphatic carbocycles. The summed E-state index contributed by atoms with van der Waals surface area (Å²) in [5.41, 5.74) is 1.28. The van der Waals surface area contributed by atoms with Crippen LogP contribution in [0.2, 0.25) is 0 Å². The maximum atomic E-state index is 5.08. The summed E-state index contributed by atoms with van der Waals surface area (Å²) in [5, 5.41) is 0. The predicted molar refractivity (Wildman–Crippen MR) is 45.8 cm³/mol. The lowest BCUT2D eigenvalue weighted by Gasteiger charge is -2.24. The fourth-order valence-electron chi connectivity index (χ4n) is 1.22. The fraction of sp³-hybridized carbons (Fsp3) is 0.556. The second-order valence-electron chi connectivity index (χ2n) is 2.49. The molecule has 0 aromatic carbocycles. The molecule has 0 N–H and O–H groups in total. The lowest BCUT2D eigenvalue weighted by atomic mass is 10.2. The first-order valence-corrected chi connectivity index (χ1v) is 4.13. The summed E-state index contributed by atoms with van der Waals surface area (Å²) in [6, 6.07) is 0. The third-order valence-electron chi connectivity index (χ3n) is 1.88. The van der Waals surface area contributed by atoms with Gasteiger partial charge in [-0.1, -0.05) is 0 Å². The summed E-state index contributed by atoms with van der Waals surface area (Å²) in [7, 11) is 0. The van der Waals surface area contributed by atoms with E-state index in [1.807, 2.05) is 12.3 Å². The number of hydrogen-bond acceptors (Lipinski definition) is 2. The van der Waals surface area contributed by atoms with Crippen LogP contribution >= 0.6 is 0 Å². The molecular formula is C9H15NO. The first-order chi connectivity index (χ1) is 5.38. The van der Waals surface area contributed by atoms with Gasteiger partial charge in [-0.05, 0) is 19.9 Å². The minimum atomic E-state index is 1.00. The molecule has 0 saturated heterocycles. The molecule has 1 heterocycles. The van der Waals surface area contributed by atoms with Gasteiger partial charge in [0.25, 0.3) is 0 Å². The Hall–Kier alpha value is -0.920. The Labute approximate surface area is 68.1 Å². The average molecular weight is 153 g/mol. The molecule has 0 amide bonds. The highest BCUT2D eigenvalue weighted by atomic mass is 16.5. The van der Waals surface area contributed by atoms with Gasteiger partial charge in [-0.3, -0.25) is 0 Å². The SMILES string of the molecule is CCN(CC)C1=COC=CC1. The Balaban J connectivity index is 2.50. The molecule has 2 heteroatoms. The molecule has 2 nitrogen and oxygen atoms in total. The van der Waals surface area contributed by atoms with Crippen LogP contribution < -0.4 is 0 Å². The number of ether oxygens (including phenoxy) is 1. The molecule has 0 aromatic heterocycles. The number of allylic oxidation sites excluding steroid dienone is 1. The Morgan fingerprint density at radius 3 is 2.64 bits per heavy atom. The molecule has 1 rings (SSSR count). The highest BCUT2D eigenvalue weighted by Gasteiger charge is 2.05. The zero-order chi connectivity index (χ0) is 8.10. The number of nitrogens with zero attached hydrogens (tertiary/aromatic N) is 1. The first kappa shape index (κ1) is 8.18. The van der Waals surface area contributed by atoms with Crippen molar-refractivity contribution in [2.45, 2.75) is 20.3 Å². The molecule has 62 valence electrons. The smallest absolute Gasteiger partial charge is 0.110 e. The highest BCUT2D eigenvalue weighted by Crippen LogP contribution is 2.13. The molecule has 0 saturated carbocycles. The van der Waals surface area contributed by atoms with E-state index in [4.69, 9.17) is 4.74 Å². The summed E-state index contributed by atoms with van der Waals surface area (Å²) in [5.74, 6) is 0. The van der Waals surface area contributed by atoms with Crippen molar-refractivity contribution in [1.82, 2.24) is 4.90 Å². The van der Waals surface area contributed by atoms with Crippen molar-refractivity contribution < 1.29 is 4.74 Å². The standard InChI is InChI=1S/C9H15NO/c1-3-10(4-2)9-6-5-7-11-8-9/h5,7-8H,3-4,6H2,1-2H3. The zero-order valence-corrected chi connectivity index (χ0v) is 7.21. The van der Waals surface area contributed by atoms with Crippen molar-refractivity contribution in [3.05, 3.63) is 24.3 Å². The van der Waals surface area contributed by atoms with Gasteiger partial charge in [-0.2, -0.15) is 0 Å². The third-order valence-corrected chi connectivity index (χ3v) is 1.88. The third kappa shape index (κ3) is 2.00. The highest BCUT2D eigenvalue weighted by molar-refractivity contribution is 5.06. The summed E-state index contributed by atoms with van der Waals surface area (Å²) < 4.78 is 5.08. The summed E-state index contributed by atoms with van der Waals surface area (Å²) in [6.45, 7) is 6.42. The molecule has 0 bridgehead atoms. The van der Waals surface area contributed by atoms with Gasteiger partial charge in [-0.25, -0.2) is 0 Å². The van der Waals surface area contributed by atoms with E-state index in [-0.39, 0.29) is 0 Å². The van der Waals surface area contributed by atoms with Crippen molar-refractivity contribution >= 4 is 0 Å².